The fraction of sp³-hybridized carbons (Fsp3) is 0.533. The minimum absolute atomic E-state index is 0.360. The predicted molar refractivity (Wildman–Crippen MR) is 66.6 cm³/mol. The molecule has 0 amide bonds. The smallest absolute Gasteiger partial charge is 0.120 e. The van der Waals surface area contributed by atoms with Crippen molar-refractivity contribution < 1.29 is 4.79 Å². The molecule has 0 radical (unpaired) electrons. The van der Waals surface area contributed by atoms with Crippen LogP contribution in [0.5, 0.6) is 0 Å². The molecule has 1 aromatic rings. The summed E-state index contributed by atoms with van der Waals surface area (Å²) in [5.41, 5.74) is 2.74. The number of hydrogen-bond donors (Lipinski definition) is 0. The van der Waals surface area contributed by atoms with Gasteiger partial charge in [0.1, 0.15) is 6.29 Å². The second-order valence-corrected chi connectivity index (χ2v) is 5.03. The Morgan fingerprint density at radius 2 is 2.25 bits per heavy atom. The molecule has 1 aliphatic carbocycles. The van der Waals surface area contributed by atoms with Crippen LogP contribution < -0.4 is 0 Å². The van der Waals surface area contributed by atoms with Gasteiger partial charge in [-0.1, -0.05) is 44.0 Å². The fourth-order valence-corrected chi connectivity index (χ4v) is 2.11. The summed E-state index contributed by atoms with van der Waals surface area (Å²) in [6.07, 6.45) is 7.05. The molecule has 0 N–H and O–H groups in total. The Morgan fingerprint density at radius 3 is 2.94 bits per heavy atom. The highest BCUT2D eigenvalue weighted by Gasteiger charge is 2.20. The van der Waals surface area contributed by atoms with Crippen LogP contribution in [0.4, 0.5) is 0 Å². The largest absolute Gasteiger partial charge is 0.303 e. The predicted octanol–water partition coefficient (Wildman–Crippen LogP) is 3.72. The first-order valence-corrected chi connectivity index (χ1v) is 6.32. The standard InChI is InChI=1S/C15H20O/c1-12(9-10-16)15-4-2-3-14(11-15)8-7-13-5-6-13/h2-4,10-13H,5-9H2,1H3. The first kappa shape index (κ1) is 11.4. The van der Waals surface area contributed by atoms with Gasteiger partial charge in [0, 0.05) is 6.42 Å². The van der Waals surface area contributed by atoms with E-state index in [1.807, 2.05) is 0 Å². The van der Waals surface area contributed by atoms with Gasteiger partial charge in [-0.15, -0.1) is 0 Å². The van der Waals surface area contributed by atoms with Crippen molar-refractivity contribution >= 4 is 6.29 Å². The summed E-state index contributed by atoms with van der Waals surface area (Å²) in [6.45, 7) is 2.12. The topological polar surface area (TPSA) is 17.1 Å². The monoisotopic (exact) mass is 216 g/mol. The number of rotatable bonds is 6. The highest BCUT2D eigenvalue weighted by atomic mass is 16.1. The number of aldehydes is 1. The Morgan fingerprint density at radius 1 is 1.44 bits per heavy atom. The third-order valence-electron chi connectivity index (χ3n) is 3.51. The van der Waals surface area contributed by atoms with Gasteiger partial charge in [-0.2, -0.15) is 0 Å². The van der Waals surface area contributed by atoms with Gasteiger partial charge in [0.25, 0.3) is 0 Å². The van der Waals surface area contributed by atoms with Crippen molar-refractivity contribution in [1.29, 1.82) is 0 Å². The van der Waals surface area contributed by atoms with Crippen molar-refractivity contribution in [3.8, 4) is 0 Å². The summed E-state index contributed by atoms with van der Waals surface area (Å²) < 4.78 is 0. The minimum Gasteiger partial charge on any atom is -0.303 e. The van der Waals surface area contributed by atoms with Gasteiger partial charge in [0.2, 0.25) is 0 Å². The zero-order valence-electron chi connectivity index (χ0n) is 9.99. The maximum Gasteiger partial charge on any atom is 0.120 e. The Bertz CT molecular complexity index is 352. The molecule has 2 rings (SSSR count). The van der Waals surface area contributed by atoms with Crippen LogP contribution >= 0.6 is 0 Å². The van der Waals surface area contributed by atoms with Gasteiger partial charge in [-0.25, -0.2) is 0 Å². The Labute approximate surface area is 97.9 Å². The van der Waals surface area contributed by atoms with Crippen LogP contribution in [0.2, 0.25) is 0 Å². The number of carbonyl (C=O) groups excluding carboxylic acids is 1. The Hall–Kier alpha value is -1.11. The maximum atomic E-state index is 10.5. The van der Waals surface area contributed by atoms with Gasteiger partial charge >= 0.3 is 0 Å². The fourth-order valence-electron chi connectivity index (χ4n) is 2.11. The normalized spacial score (nSPS) is 17.1. The van der Waals surface area contributed by atoms with Gasteiger partial charge in [0.15, 0.2) is 0 Å². The third-order valence-corrected chi connectivity index (χ3v) is 3.51. The van der Waals surface area contributed by atoms with Crippen LogP contribution in [0.3, 0.4) is 0 Å². The number of carbonyl (C=O) groups is 1. The highest BCUT2D eigenvalue weighted by Crippen LogP contribution is 2.33. The average Bonchev–Trinajstić information content (AvgIpc) is 3.11. The van der Waals surface area contributed by atoms with Crippen molar-refractivity contribution in [2.24, 2.45) is 5.92 Å². The number of hydrogen-bond acceptors (Lipinski definition) is 1. The number of benzene rings is 1. The van der Waals surface area contributed by atoms with Gasteiger partial charge in [-0.05, 0) is 35.8 Å². The summed E-state index contributed by atoms with van der Waals surface area (Å²) in [5, 5.41) is 0. The maximum absolute atomic E-state index is 10.5. The van der Waals surface area contributed by atoms with Crippen molar-refractivity contribution in [3.63, 3.8) is 0 Å². The van der Waals surface area contributed by atoms with Crippen molar-refractivity contribution in [3.05, 3.63) is 35.4 Å². The molecule has 1 unspecified atom stereocenters. The average molecular weight is 216 g/mol. The first-order chi connectivity index (χ1) is 7.79. The van der Waals surface area contributed by atoms with E-state index < -0.39 is 0 Å². The SMILES string of the molecule is CC(CC=O)c1cccc(CCC2CC2)c1. The van der Waals surface area contributed by atoms with Crippen molar-refractivity contribution in [1.82, 2.24) is 0 Å². The highest BCUT2D eigenvalue weighted by molar-refractivity contribution is 5.51. The lowest BCUT2D eigenvalue weighted by Gasteiger charge is -2.10. The molecule has 0 heterocycles. The zero-order valence-corrected chi connectivity index (χ0v) is 9.99. The van der Waals surface area contributed by atoms with Gasteiger partial charge < -0.3 is 4.79 Å². The van der Waals surface area contributed by atoms with Crippen molar-refractivity contribution in [2.45, 2.75) is 44.9 Å². The molecule has 0 bridgehead atoms. The van der Waals surface area contributed by atoms with Crippen LogP contribution in [0, 0.1) is 5.92 Å². The van der Waals surface area contributed by atoms with Gasteiger partial charge in [-0.3, -0.25) is 0 Å². The second-order valence-electron chi connectivity index (χ2n) is 5.03. The summed E-state index contributed by atoms with van der Waals surface area (Å²) in [7, 11) is 0. The quantitative estimate of drug-likeness (QED) is 0.662. The van der Waals surface area contributed by atoms with E-state index in [-0.39, 0.29) is 0 Å². The van der Waals surface area contributed by atoms with E-state index in [4.69, 9.17) is 0 Å². The zero-order chi connectivity index (χ0) is 11.4. The first-order valence-electron chi connectivity index (χ1n) is 6.32. The summed E-state index contributed by atoms with van der Waals surface area (Å²) >= 11 is 0. The molecule has 1 heteroatoms. The molecule has 1 aliphatic rings. The lowest BCUT2D eigenvalue weighted by molar-refractivity contribution is -0.108. The molecule has 16 heavy (non-hydrogen) atoms. The second kappa shape index (κ2) is 5.29. The van der Waals surface area contributed by atoms with E-state index in [2.05, 4.69) is 31.2 Å². The molecule has 1 aromatic carbocycles. The molecule has 1 fully saturated rings. The molecule has 0 spiro atoms. The molecule has 1 saturated carbocycles. The molecule has 86 valence electrons. The summed E-state index contributed by atoms with van der Waals surface area (Å²) in [4.78, 5) is 10.5. The summed E-state index contributed by atoms with van der Waals surface area (Å²) in [5.74, 6) is 1.36. The van der Waals surface area contributed by atoms with Crippen LogP contribution in [0.15, 0.2) is 24.3 Å². The van der Waals surface area contributed by atoms with E-state index in [1.165, 1.54) is 36.8 Å². The van der Waals surface area contributed by atoms with Crippen LogP contribution in [-0.2, 0) is 11.2 Å². The molecule has 0 aromatic heterocycles. The lowest BCUT2D eigenvalue weighted by Crippen LogP contribution is -1.96. The van der Waals surface area contributed by atoms with Gasteiger partial charge in [0.05, 0.1) is 0 Å². The van der Waals surface area contributed by atoms with E-state index in [9.17, 15) is 4.79 Å². The third kappa shape index (κ3) is 3.19. The summed E-state index contributed by atoms with van der Waals surface area (Å²) in [6, 6.07) is 8.74. The molecular weight excluding hydrogens is 196 g/mol. The number of aryl methyl sites for hydroxylation is 1. The molecule has 1 atom stereocenters. The minimum atomic E-state index is 0.360. The molecule has 0 aliphatic heterocycles. The van der Waals surface area contributed by atoms with Crippen LogP contribution in [-0.4, -0.2) is 6.29 Å². The Kier molecular flexibility index (Phi) is 3.76. The van der Waals surface area contributed by atoms with Crippen LogP contribution in [0.1, 0.15) is 49.7 Å². The molecule has 1 nitrogen and oxygen atoms in total. The Balaban J connectivity index is 1.96. The van der Waals surface area contributed by atoms with Crippen LogP contribution in [0.25, 0.3) is 0 Å². The van der Waals surface area contributed by atoms with E-state index in [0.29, 0.717) is 12.3 Å². The van der Waals surface area contributed by atoms with E-state index in [1.54, 1.807) is 0 Å². The molecule has 0 saturated heterocycles. The van der Waals surface area contributed by atoms with Crippen molar-refractivity contribution in [2.75, 3.05) is 0 Å². The van der Waals surface area contributed by atoms with E-state index >= 15 is 0 Å². The lowest BCUT2D eigenvalue weighted by atomic mass is 9.95. The molecular formula is C15H20O. The van der Waals surface area contributed by atoms with E-state index in [0.717, 1.165) is 12.2 Å².